The highest BCUT2D eigenvalue weighted by Gasteiger charge is 2.14. The molecule has 7 N–H and O–H groups in total. The number of benzene rings is 1. The van der Waals surface area contributed by atoms with Gasteiger partial charge in [0.1, 0.15) is 6.29 Å². The largest absolute Gasteiger partial charge is 0.370 e. The summed E-state index contributed by atoms with van der Waals surface area (Å²) >= 11 is 0. The molecule has 0 heterocycles. The lowest BCUT2D eigenvalue weighted by molar-refractivity contribution is -0.107. The van der Waals surface area contributed by atoms with E-state index >= 15 is 0 Å². The van der Waals surface area contributed by atoms with Crippen LogP contribution in [0.25, 0.3) is 0 Å². The maximum Gasteiger partial charge on any atom is 0.152 e. The molecule has 0 aliphatic rings. The Morgan fingerprint density at radius 2 is 2.03 bits per heavy atom. The molecule has 164 valence electrons. The SMILES string of the molecule is CCC(CCN)CN(CCN)c1ccc(C=O)c(NON)c1.O=CCCCN=O. The van der Waals surface area contributed by atoms with Gasteiger partial charge in [0, 0.05) is 37.3 Å². The van der Waals surface area contributed by atoms with Crippen LogP contribution in [0.2, 0.25) is 0 Å². The predicted octanol–water partition coefficient (Wildman–Crippen LogP) is 1.59. The Labute approximate surface area is 172 Å². The molecule has 0 radical (unpaired) electrons. The van der Waals surface area contributed by atoms with E-state index in [1.165, 1.54) is 0 Å². The Kier molecular flexibility index (Phi) is 16.2. The first-order chi connectivity index (χ1) is 14.1. The molecule has 1 unspecified atom stereocenters. The van der Waals surface area contributed by atoms with E-state index in [-0.39, 0.29) is 6.54 Å². The van der Waals surface area contributed by atoms with Crippen LogP contribution in [0, 0.1) is 10.8 Å². The number of nitrogens with one attached hydrogen (secondary N) is 1. The van der Waals surface area contributed by atoms with Gasteiger partial charge in [-0.3, -0.25) is 4.79 Å². The first kappa shape index (κ1) is 26.6. The Morgan fingerprint density at radius 3 is 2.55 bits per heavy atom. The predicted molar refractivity (Wildman–Crippen MR) is 115 cm³/mol. The lowest BCUT2D eigenvalue weighted by Gasteiger charge is -2.29. The fraction of sp³-hybridized carbons (Fsp3) is 0.579. The summed E-state index contributed by atoms with van der Waals surface area (Å²) in [6.45, 7) is 5.24. The summed E-state index contributed by atoms with van der Waals surface area (Å²) in [5.74, 6) is 5.54. The first-order valence-corrected chi connectivity index (χ1v) is 9.70. The van der Waals surface area contributed by atoms with Crippen LogP contribution in [0.1, 0.15) is 43.0 Å². The van der Waals surface area contributed by atoms with E-state index in [0.29, 0.717) is 43.1 Å². The van der Waals surface area contributed by atoms with Crippen molar-refractivity contribution in [1.29, 1.82) is 0 Å². The topological polar surface area (TPSA) is 166 Å². The number of nitroso groups, excluding NO2 is 1. The van der Waals surface area contributed by atoms with Crippen molar-refractivity contribution in [3.05, 3.63) is 28.7 Å². The van der Waals surface area contributed by atoms with Gasteiger partial charge in [-0.05, 0) is 43.5 Å². The molecule has 1 aromatic rings. The van der Waals surface area contributed by atoms with Crippen LogP contribution >= 0.6 is 0 Å². The molecule has 10 heteroatoms. The minimum Gasteiger partial charge on any atom is -0.370 e. The van der Waals surface area contributed by atoms with Gasteiger partial charge in [0.2, 0.25) is 0 Å². The zero-order valence-corrected chi connectivity index (χ0v) is 17.1. The number of nitrogens with two attached hydrogens (primary N) is 3. The summed E-state index contributed by atoms with van der Waals surface area (Å²) in [4.78, 5) is 36.5. The first-order valence-electron chi connectivity index (χ1n) is 9.70. The molecule has 0 aliphatic carbocycles. The average molecular weight is 411 g/mol. The molecular weight excluding hydrogens is 376 g/mol. The minimum absolute atomic E-state index is 0.263. The van der Waals surface area contributed by atoms with Gasteiger partial charge in [0.25, 0.3) is 0 Å². The zero-order chi connectivity index (χ0) is 21.9. The maximum atomic E-state index is 11.0. The quantitative estimate of drug-likeness (QED) is 0.145. The van der Waals surface area contributed by atoms with Gasteiger partial charge in [0.05, 0.1) is 12.2 Å². The lowest BCUT2D eigenvalue weighted by atomic mass is 10.0. The molecule has 0 aromatic heterocycles. The molecule has 0 bridgehead atoms. The van der Waals surface area contributed by atoms with Crippen molar-refractivity contribution < 1.29 is 14.5 Å². The molecule has 0 saturated carbocycles. The third-order valence-electron chi connectivity index (χ3n) is 4.30. The van der Waals surface area contributed by atoms with Gasteiger partial charge in [-0.25, -0.2) is 5.48 Å². The minimum atomic E-state index is 0.263. The van der Waals surface area contributed by atoms with Crippen molar-refractivity contribution in [2.24, 2.45) is 28.5 Å². The van der Waals surface area contributed by atoms with Crippen LogP contribution in [0.3, 0.4) is 0 Å². The standard InChI is InChI=1S/C15H27N5O2.C4H7NO2/c1-2-12(5-6-16)10-20(8-7-17)14-4-3-13(11-21)15(9-14)19-22-18;6-4-2-1-3-5-7/h3-4,9,11-12,19H,2,5-8,10,16-18H2,1H3;4H,1-3H2. The molecule has 0 spiro atoms. The second-order valence-electron chi connectivity index (χ2n) is 6.36. The molecular formula is C19H34N6O4. The van der Waals surface area contributed by atoms with Crippen LogP contribution in [0.4, 0.5) is 11.4 Å². The van der Waals surface area contributed by atoms with Crippen LogP contribution in [0.15, 0.2) is 23.4 Å². The Balaban J connectivity index is 0.000000956. The molecule has 0 fully saturated rings. The molecule has 29 heavy (non-hydrogen) atoms. The van der Waals surface area contributed by atoms with Gasteiger partial charge in [0.15, 0.2) is 6.29 Å². The van der Waals surface area contributed by atoms with Crippen molar-refractivity contribution in [3.8, 4) is 0 Å². The van der Waals surface area contributed by atoms with E-state index < -0.39 is 0 Å². The molecule has 0 aliphatic heterocycles. The van der Waals surface area contributed by atoms with Crippen molar-refractivity contribution in [2.45, 2.75) is 32.6 Å². The van der Waals surface area contributed by atoms with E-state index in [9.17, 15) is 14.5 Å². The summed E-state index contributed by atoms with van der Waals surface area (Å²) in [7, 11) is 0. The fourth-order valence-electron chi connectivity index (χ4n) is 2.69. The summed E-state index contributed by atoms with van der Waals surface area (Å²) in [5.41, 5.74) is 15.9. The number of nitrogens with zero attached hydrogens (tertiary/aromatic N) is 2. The molecule has 1 aromatic carbocycles. The number of rotatable bonds is 15. The van der Waals surface area contributed by atoms with Crippen molar-refractivity contribution in [2.75, 3.05) is 43.1 Å². The summed E-state index contributed by atoms with van der Waals surface area (Å²) < 4.78 is 0. The molecule has 0 saturated heterocycles. The average Bonchev–Trinajstić information content (AvgIpc) is 2.74. The van der Waals surface area contributed by atoms with Gasteiger partial charge in [-0.2, -0.15) is 15.7 Å². The van der Waals surface area contributed by atoms with Crippen molar-refractivity contribution in [1.82, 2.24) is 0 Å². The maximum absolute atomic E-state index is 11.0. The second kappa shape index (κ2) is 17.7. The molecule has 10 nitrogen and oxygen atoms in total. The number of unbranched alkanes of at least 4 members (excludes halogenated alkanes) is 1. The molecule has 1 rings (SSSR count). The normalized spacial score (nSPS) is 11.0. The summed E-state index contributed by atoms with van der Waals surface area (Å²) in [6, 6.07) is 5.47. The Hall–Kier alpha value is -2.40. The van der Waals surface area contributed by atoms with Gasteiger partial charge in [-0.1, -0.05) is 18.5 Å². The van der Waals surface area contributed by atoms with E-state index in [0.717, 1.165) is 44.2 Å². The summed E-state index contributed by atoms with van der Waals surface area (Å²) in [5, 5.41) is 2.56. The number of aldehydes is 2. The Bertz CT molecular complexity index is 580. The summed E-state index contributed by atoms with van der Waals surface area (Å²) in [6.07, 6.45) is 4.61. The third kappa shape index (κ3) is 11.3. The highest BCUT2D eigenvalue weighted by molar-refractivity contribution is 5.85. The smallest absolute Gasteiger partial charge is 0.152 e. The van der Waals surface area contributed by atoms with Crippen molar-refractivity contribution >= 4 is 23.9 Å². The number of hydrogen-bond donors (Lipinski definition) is 4. The van der Waals surface area contributed by atoms with E-state index in [2.05, 4.69) is 27.4 Å². The van der Waals surface area contributed by atoms with E-state index in [4.69, 9.17) is 17.4 Å². The number of hydrogen-bond acceptors (Lipinski definition) is 10. The number of carbonyl (C=O) groups excluding carboxylic acids is 2. The van der Waals surface area contributed by atoms with Gasteiger partial charge < -0.3 is 21.2 Å². The Morgan fingerprint density at radius 1 is 1.28 bits per heavy atom. The number of carbonyl (C=O) groups is 2. The number of anilines is 2. The molecule has 1 atom stereocenters. The monoisotopic (exact) mass is 410 g/mol. The van der Waals surface area contributed by atoms with Crippen molar-refractivity contribution in [3.63, 3.8) is 0 Å². The highest BCUT2D eigenvalue weighted by Crippen LogP contribution is 2.24. The van der Waals surface area contributed by atoms with Crippen LogP contribution in [0.5, 0.6) is 0 Å². The fourth-order valence-corrected chi connectivity index (χ4v) is 2.69. The second-order valence-corrected chi connectivity index (χ2v) is 6.36. The van der Waals surface area contributed by atoms with Crippen LogP contribution < -0.4 is 27.7 Å². The molecule has 0 amide bonds. The van der Waals surface area contributed by atoms with Gasteiger partial charge >= 0.3 is 0 Å². The zero-order valence-electron chi connectivity index (χ0n) is 17.1. The van der Waals surface area contributed by atoms with E-state index in [1.54, 1.807) is 6.07 Å². The highest BCUT2D eigenvalue weighted by atomic mass is 16.8. The van der Waals surface area contributed by atoms with E-state index in [1.807, 2.05) is 12.1 Å². The van der Waals surface area contributed by atoms with Crippen LogP contribution in [-0.4, -0.2) is 45.3 Å². The van der Waals surface area contributed by atoms with Crippen LogP contribution in [-0.2, 0) is 9.73 Å². The lowest BCUT2D eigenvalue weighted by Crippen LogP contribution is -2.34. The third-order valence-corrected chi connectivity index (χ3v) is 4.30. The van der Waals surface area contributed by atoms with Gasteiger partial charge in [-0.15, -0.1) is 0 Å².